The smallest absolute Gasteiger partial charge is 0.311 e. The second kappa shape index (κ2) is 10.4. The van der Waals surface area contributed by atoms with Crippen LogP contribution in [0.1, 0.15) is 91.0 Å². The number of phenolic OH excluding ortho intramolecular Hbond substituents is 1. The van der Waals surface area contributed by atoms with Gasteiger partial charge in [-0.05, 0) is 30.0 Å². The number of carbonyl (C=O) groups is 1. The van der Waals surface area contributed by atoms with Gasteiger partial charge in [-0.1, -0.05) is 72.6 Å². The van der Waals surface area contributed by atoms with Crippen LogP contribution in [0.2, 0.25) is 0 Å². The molecular formula is C21H34O3. The molecule has 0 saturated carbocycles. The minimum atomic E-state index is -0.188. The summed E-state index contributed by atoms with van der Waals surface area (Å²) in [5.41, 5.74) is 0.666. The fourth-order valence-corrected chi connectivity index (χ4v) is 2.77. The third-order valence-corrected chi connectivity index (χ3v) is 4.23. The van der Waals surface area contributed by atoms with Gasteiger partial charge in [0, 0.05) is 12.0 Å². The van der Waals surface area contributed by atoms with Gasteiger partial charge in [0.1, 0.15) is 11.5 Å². The van der Waals surface area contributed by atoms with Gasteiger partial charge < -0.3 is 9.84 Å². The first-order chi connectivity index (χ1) is 11.3. The van der Waals surface area contributed by atoms with Crippen molar-refractivity contribution in [2.45, 2.75) is 90.9 Å². The van der Waals surface area contributed by atoms with Crippen LogP contribution in [0.15, 0.2) is 18.2 Å². The fourth-order valence-electron chi connectivity index (χ4n) is 2.77. The summed E-state index contributed by atoms with van der Waals surface area (Å²) in [4.78, 5) is 12.1. The number of aromatic hydroxyl groups is 1. The number of benzene rings is 1. The molecule has 3 nitrogen and oxygen atoms in total. The molecule has 1 rings (SSSR count). The second-order valence-electron chi connectivity index (χ2n) is 7.63. The largest absolute Gasteiger partial charge is 0.508 e. The molecular weight excluding hydrogens is 300 g/mol. The average Bonchev–Trinajstić information content (AvgIpc) is 2.50. The Morgan fingerprint density at radius 2 is 1.58 bits per heavy atom. The maximum atomic E-state index is 12.1. The number of phenols is 1. The van der Waals surface area contributed by atoms with Crippen LogP contribution in [0.5, 0.6) is 11.5 Å². The highest BCUT2D eigenvalue weighted by molar-refractivity contribution is 5.73. The molecule has 0 heterocycles. The summed E-state index contributed by atoms with van der Waals surface area (Å²) < 4.78 is 5.54. The molecule has 3 heteroatoms. The van der Waals surface area contributed by atoms with Crippen LogP contribution in [-0.2, 0) is 10.2 Å². The summed E-state index contributed by atoms with van der Waals surface area (Å²) in [7, 11) is 0. The highest BCUT2D eigenvalue weighted by atomic mass is 16.5. The minimum absolute atomic E-state index is 0.183. The summed E-state index contributed by atoms with van der Waals surface area (Å²) >= 11 is 0. The summed E-state index contributed by atoms with van der Waals surface area (Å²) in [5.74, 6) is 0.574. The van der Waals surface area contributed by atoms with E-state index < -0.39 is 0 Å². The first-order valence-electron chi connectivity index (χ1n) is 9.38. The summed E-state index contributed by atoms with van der Waals surface area (Å²) in [6.07, 6.45) is 10.1. The van der Waals surface area contributed by atoms with Crippen molar-refractivity contribution in [1.29, 1.82) is 0 Å². The van der Waals surface area contributed by atoms with Crippen LogP contribution in [0, 0.1) is 0 Å². The molecule has 0 aliphatic carbocycles. The lowest BCUT2D eigenvalue weighted by atomic mass is 9.86. The minimum Gasteiger partial charge on any atom is -0.508 e. The maximum absolute atomic E-state index is 12.1. The van der Waals surface area contributed by atoms with Gasteiger partial charge in [0.25, 0.3) is 0 Å². The van der Waals surface area contributed by atoms with Crippen LogP contribution in [0.3, 0.4) is 0 Å². The summed E-state index contributed by atoms with van der Waals surface area (Å²) in [6, 6.07) is 4.93. The van der Waals surface area contributed by atoms with Crippen molar-refractivity contribution in [3.05, 3.63) is 23.8 Å². The van der Waals surface area contributed by atoms with Crippen LogP contribution >= 0.6 is 0 Å². The van der Waals surface area contributed by atoms with Gasteiger partial charge in [-0.3, -0.25) is 4.79 Å². The van der Waals surface area contributed by atoms with Crippen molar-refractivity contribution in [3.8, 4) is 11.5 Å². The Balaban J connectivity index is 2.36. The van der Waals surface area contributed by atoms with Gasteiger partial charge in [-0.15, -0.1) is 0 Å². The number of esters is 1. The zero-order chi connectivity index (χ0) is 18.0. The molecule has 0 unspecified atom stereocenters. The lowest BCUT2D eigenvalue weighted by molar-refractivity contribution is -0.134. The van der Waals surface area contributed by atoms with E-state index in [1.165, 1.54) is 38.5 Å². The monoisotopic (exact) mass is 334 g/mol. The van der Waals surface area contributed by atoms with Crippen LogP contribution in [0.25, 0.3) is 0 Å². The highest BCUT2D eigenvalue weighted by Crippen LogP contribution is 2.34. The predicted molar refractivity (Wildman–Crippen MR) is 99.7 cm³/mol. The van der Waals surface area contributed by atoms with Crippen LogP contribution < -0.4 is 4.74 Å². The number of ether oxygens (including phenoxy) is 1. The van der Waals surface area contributed by atoms with Crippen LogP contribution in [-0.4, -0.2) is 11.1 Å². The highest BCUT2D eigenvalue weighted by Gasteiger charge is 2.21. The van der Waals surface area contributed by atoms with Gasteiger partial charge >= 0.3 is 5.97 Å². The lowest BCUT2D eigenvalue weighted by Gasteiger charge is -2.22. The average molecular weight is 335 g/mol. The van der Waals surface area contributed by atoms with Crippen molar-refractivity contribution in [3.63, 3.8) is 0 Å². The summed E-state index contributed by atoms with van der Waals surface area (Å²) in [5, 5.41) is 9.67. The van der Waals surface area contributed by atoms with E-state index in [0.29, 0.717) is 12.2 Å². The van der Waals surface area contributed by atoms with E-state index in [0.717, 1.165) is 18.4 Å². The zero-order valence-electron chi connectivity index (χ0n) is 15.9. The molecule has 136 valence electrons. The van der Waals surface area contributed by atoms with Crippen molar-refractivity contribution in [2.75, 3.05) is 0 Å². The maximum Gasteiger partial charge on any atom is 0.311 e. The molecule has 24 heavy (non-hydrogen) atoms. The molecule has 0 amide bonds. The molecule has 0 saturated heterocycles. The molecule has 0 bridgehead atoms. The molecule has 0 aromatic heterocycles. The van der Waals surface area contributed by atoms with E-state index in [-0.39, 0.29) is 17.1 Å². The fraction of sp³-hybridized carbons (Fsp3) is 0.667. The Bertz CT molecular complexity index is 500. The number of hydrogen-bond donors (Lipinski definition) is 1. The number of unbranched alkanes of at least 4 members (excludes halogenated alkanes) is 7. The first-order valence-corrected chi connectivity index (χ1v) is 9.38. The van der Waals surface area contributed by atoms with Gasteiger partial charge in [0.05, 0.1) is 0 Å². The number of hydrogen-bond acceptors (Lipinski definition) is 3. The van der Waals surface area contributed by atoms with Gasteiger partial charge in [0.15, 0.2) is 0 Å². The van der Waals surface area contributed by atoms with Gasteiger partial charge in [-0.25, -0.2) is 0 Å². The molecule has 0 radical (unpaired) electrons. The lowest BCUT2D eigenvalue weighted by Crippen LogP contribution is -2.16. The Morgan fingerprint density at radius 1 is 1.00 bits per heavy atom. The zero-order valence-corrected chi connectivity index (χ0v) is 15.9. The molecule has 1 aromatic carbocycles. The topological polar surface area (TPSA) is 46.5 Å². The Hall–Kier alpha value is -1.51. The second-order valence-corrected chi connectivity index (χ2v) is 7.63. The van der Waals surface area contributed by atoms with E-state index in [4.69, 9.17) is 4.74 Å². The number of carbonyl (C=O) groups excluding carboxylic acids is 1. The standard InChI is InChI=1S/C21H34O3/c1-5-6-7-8-9-10-11-12-13-20(23)24-19-15-14-17(22)16-18(19)21(2,3)4/h14-16,22H,5-13H2,1-4H3. The third-order valence-electron chi connectivity index (χ3n) is 4.23. The van der Waals surface area contributed by atoms with E-state index in [9.17, 15) is 9.90 Å². The van der Waals surface area contributed by atoms with Crippen molar-refractivity contribution in [1.82, 2.24) is 0 Å². The first kappa shape index (κ1) is 20.5. The summed E-state index contributed by atoms with van der Waals surface area (Å²) in [6.45, 7) is 8.34. The molecule has 0 aliphatic heterocycles. The Morgan fingerprint density at radius 3 is 2.17 bits per heavy atom. The Labute approximate surface area is 147 Å². The van der Waals surface area contributed by atoms with E-state index in [1.54, 1.807) is 18.2 Å². The number of rotatable bonds is 10. The molecule has 0 spiro atoms. The quantitative estimate of drug-likeness (QED) is 0.318. The molecule has 1 N–H and O–H groups in total. The van der Waals surface area contributed by atoms with Crippen LogP contribution in [0.4, 0.5) is 0 Å². The van der Waals surface area contributed by atoms with Gasteiger partial charge in [0.2, 0.25) is 0 Å². The Kier molecular flexibility index (Phi) is 8.88. The van der Waals surface area contributed by atoms with Crippen molar-refractivity contribution in [2.24, 2.45) is 0 Å². The van der Waals surface area contributed by atoms with Crippen molar-refractivity contribution < 1.29 is 14.6 Å². The predicted octanol–water partition coefficient (Wildman–Crippen LogP) is 6.13. The van der Waals surface area contributed by atoms with E-state index >= 15 is 0 Å². The molecule has 0 aliphatic rings. The molecule has 1 aromatic rings. The SMILES string of the molecule is CCCCCCCCCCC(=O)Oc1ccc(O)cc1C(C)(C)C. The third kappa shape index (κ3) is 7.85. The van der Waals surface area contributed by atoms with Gasteiger partial charge in [-0.2, -0.15) is 0 Å². The van der Waals surface area contributed by atoms with E-state index in [1.807, 2.05) is 20.8 Å². The normalized spacial score (nSPS) is 11.5. The van der Waals surface area contributed by atoms with Crippen molar-refractivity contribution >= 4 is 5.97 Å². The molecule has 0 atom stereocenters. The molecule has 0 fully saturated rings. The van der Waals surface area contributed by atoms with E-state index in [2.05, 4.69) is 6.92 Å².